The minimum absolute atomic E-state index is 1.13. The molecular weight excluding hydrogens is 863 g/mol. The van der Waals surface area contributed by atoms with Crippen molar-refractivity contribution in [1.29, 1.82) is 0 Å². The van der Waals surface area contributed by atoms with Crippen LogP contribution in [-0.2, 0) is 0 Å². The second kappa shape index (κ2) is 16.1. The first-order valence-electron chi connectivity index (χ1n) is 24.2. The normalized spacial score (nSPS) is 12.0. The van der Waals surface area contributed by atoms with E-state index in [0.29, 0.717) is 0 Å². The van der Waals surface area contributed by atoms with Gasteiger partial charge in [0, 0.05) is 49.4 Å². The molecule has 3 aromatic heterocycles. The van der Waals surface area contributed by atoms with Gasteiger partial charge in [-0.2, -0.15) is 0 Å². The number of para-hydroxylation sites is 5. The van der Waals surface area contributed by atoms with Crippen molar-refractivity contribution in [2.45, 2.75) is 0 Å². The van der Waals surface area contributed by atoms with Gasteiger partial charge in [-0.15, -0.1) is 0 Å². The predicted molar refractivity (Wildman–Crippen MR) is 299 cm³/mol. The highest BCUT2D eigenvalue weighted by Gasteiger charge is 2.41. The highest BCUT2D eigenvalue weighted by molar-refractivity contribution is 7.20. The van der Waals surface area contributed by atoms with Crippen molar-refractivity contribution >= 4 is 94.2 Å². The molecule has 0 atom stereocenters. The Morgan fingerprint density at radius 2 is 0.600 bits per heavy atom. The largest absolute Gasteiger partial charge is 0.309 e. The van der Waals surface area contributed by atoms with E-state index in [1.54, 1.807) is 0 Å². The number of hydrogen-bond acceptors (Lipinski definition) is 0. The zero-order valence-electron chi connectivity index (χ0n) is 38.3. The highest BCUT2D eigenvalue weighted by atomic mass is 28.3. The smallest absolute Gasteiger partial charge is 0.179 e. The molecule has 0 aliphatic carbocycles. The second-order valence-electron chi connectivity index (χ2n) is 18.4. The van der Waals surface area contributed by atoms with Gasteiger partial charge in [0.2, 0.25) is 0 Å². The zero-order valence-corrected chi connectivity index (χ0v) is 39.3. The van der Waals surface area contributed by atoms with Crippen molar-refractivity contribution in [2.24, 2.45) is 0 Å². The lowest BCUT2D eigenvalue weighted by Gasteiger charge is -2.35. The van der Waals surface area contributed by atoms with Crippen molar-refractivity contribution in [1.82, 2.24) is 13.7 Å². The number of rotatable bonds is 8. The van der Waals surface area contributed by atoms with E-state index in [0.717, 1.165) is 17.1 Å². The standard InChI is InChI=1S/C66H45N3Si/c1-5-21-48(22-6-1)67-61-33-16-15-32-57(61)60-45-47(36-43-64(60)67)46-20-19-29-54(44-46)70(51-25-9-3-10-26-51,52-27-11-4-12-28-52)53-39-37-50(38-40-53)69-63-35-18-14-31-56(63)59-42-41-58-55-30-13-17-34-62(55)68(65(58)66(59)69)49-23-7-2-8-24-49/h1-45H. The van der Waals surface area contributed by atoms with Gasteiger partial charge in [0.15, 0.2) is 8.07 Å². The van der Waals surface area contributed by atoms with E-state index in [-0.39, 0.29) is 0 Å². The number of benzene rings is 11. The first-order chi connectivity index (χ1) is 34.8. The minimum Gasteiger partial charge on any atom is -0.309 e. The van der Waals surface area contributed by atoms with Crippen molar-refractivity contribution in [3.05, 3.63) is 273 Å². The van der Waals surface area contributed by atoms with Crippen LogP contribution in [0.25, 0.3) is 93.6 Å². The number of nitrogens with zero attached hydrogens (tertiary/aromatic N) is 3. The Morgan fingerprint density at radius 1 is 0.214 bits per heavy atom. The molecule has 14 rings (SSSR count). The van der Waals surface area contributed by atoms with Gasteiger partial charge in [-0.05, 0) is 98.6 Å². The third-order valence-electron chi connectivity index (χ3n) is 14.8. The van der Waals surface area contributed by atoms with E-state index in [9.17, 15) is 0 Å². The quantitative estimate of drug-likeness (QED) is 0.107. The average molecular weight is 908 g/mol. The SMILES string of the molecule is c1ccc(-n2c3ccccc3c3cc(-c4cccc([Si](c5ccccc5)(c5ccccc5)c5ccc(-n6c7ccccc7c7ccc8c9ccccc9n(-c9ccccc9)c8c76)cc5)c4)ccc32)cc1. The topological polar surface area (TPSA) is 14.8 Å². The summed E-state index contributed by atoms with van der Waals surface area (Å²) < 4.78 is 7.36. The fourth-order valence-electron chi connectivity index (χ4n) is 11.8. The molecule has 0 unspecified atom stereocenters. The summed E-state index contributed by atoms with van der Waals surface area (Å²) in [6.07, 6.45) is 0. The Balaban J connectivity index is 0.988. The Kier molecular flexibility index (Phi) is 9.23. The molecule has 3 heterocycles. The zero-order chi connectivity index (χ0) is 46.2. The second-order valence-corrected chi connectivity index (χ2v) is 22.2. The van der Waals surface area contributed by atoms with Crippen LogP contribution in [0.15, 0.2) is 273 Å². The van der Waals surface area contributed by atoms with Crippen LogP contribution in [-0.4, -0.2) is 21.8 Å². The number of hydrogen-bond donors (Lipinski definition) is 0. The molecule has 0 saturated carbocycles. The lowest BCUT2D eigenvalue weighted by Crippen LogP contribution is -2.74. The summed E-state index contributed by atoms with van der Waals surface area (Å²) in [7, 11) is -2.95. The summed E-state index contributed by atoms with van der Waals surface area (Å²) >= 11 is 0. The van der Waals surface area contributed by atoms with Gasteiger partial charge in [0.1, 0.15) is 0 Å². The third kappa shape index (κ3) is 6.00. The maximum Gasteiger partial charge on any atom is 0.179 e. The predicted octanol–water partition coefficient (Wildman–Crippen LogP) is 14.0. The van der Waals surface area contributed by atoms with Gasteiger partial charge in [0.25, 0.3) is 0 Å². The molecule has 0 aliphatic rings. The lowest BCUT2D eigenvalue weighted by molar-refractivity contribution is 1.15. The van der Waals surface area contributed by atoms with Gasteiger partial charge < -0.3 is 13.7 Å². The van der Waals surface area contributed by atoms with E-state index in [2.05, 4.69) is 287 Å². The molecule has 3 nitrogen and oxygen atoms in total. The van der Waals surface area contributed by atoms with E-state index < -0.39 is 8.07 Å². The maximum absolute atomic E-state index is 2.95. The van der Waals surface area contributed by atoms with Crippen LogP contribution in [0.1, 0.15) is 0 Å². The molecule has 0 fully saturated rings. The van der Waals surface area contributed by atoms with Crippen molar-refractivity contribution < 1.29 is 0 Å². The van der Waals surface area contributed by atoms with Crippen LogP contribution in [0.3, 0.4) is 0 Å². The summed E-state index contributed by atoms with van der Waals surface area (Å²) in [5, 5.41) is 12.8. The summed E-state index contributed by atoms with van der Waals surface area (Å²) in [5.74, 6) is 0. The Morgan fingerprint density at radius 3 is 1.14 bits per heavy atom. The lowest BCUT2D eigenvalue weighted by atomic mass is 10.0. The van der Waals surface area contributed by atoms with Crippen LogP contribution >= 0.6 is 0 Å². The van der Waals surface area contributed by atoms with E-state index in [4.69, 9.17) is 0 Å². The van der Waals surface area contributed by atoms with Crippen molar-refractivity contribution in [3.8, 4) is 28.2 Å². The minimum atomic E-state index is -2.95. The first kappa shape index (κ1) is 40.1. The third-order valence-corrected chi connectivity index (χ3v) is 19.5. The van der Waals surface area contributed by atoms with Crippen LogP contribution in [0.5, 0.6) is 0 Å². The van der Waals surface area contributed by atoms with Crippen LogP contribution in [0.4, 0.5) is 0 Å². The molecule has 4 heteroatoms. The van der Waals surface area contributed by atoms with Crippen molar-refractivity contribution in [2.75, 3.05) is 0 Å². The Hall–Kier alpha value is -8.96. The number of aromatic nitrogens is 3. The molecule has 328 valence electrons. The fourth-order valence-corrected chi connectivity index (χ4v) is 16.6. The first-order valence-corrected chi connectivity index (χ1v) is 26.2. The summed E-state index contributed by atoms with van der Waals surface area (Å²) in [4.78, 5) is 0. The van der Waals surface area contributed by atoms with Gasteiger partial charge in [0.05, 0.1) is 33.1 Å². The molecule has 0 N–H and O–H groups in total. The molecule has 14 aromatic rings. The van der Waals surface area contributed by atoms with Crippen molar-refractivity contribution in [3.63, 3.8) is 0 Å². The molecule has 0 radical (unpaired) electrons. The van der Waals surface area contributed by atoms with Gasteiger partial charge in [-0.3, -0.25) is 0 Å². The van der Waals surface area contributed by atoms with E-state index in [1.807, 2.05) is 0 Å². The molecule has 0 aliphatic heterocycles. The molecular formula is C66H45N3Si. The Bertz CT molecular complexity index is 4220. The average Bonchev–Trinajstić information content (AvgIpc) is 4.08. The maximum atomic E-state index is 2.51. The molecule has 0 bridgehead atoms. The molecule has 70 heavy (non-hydrogen) atoms. The summed E-state index contributed by atoms with van der Waals surface area (Å²) in [6.45, 7) is 0. The summed E-state index contributed by atoms with van der Waals surface area (Å²) in [6, 6.07) is 101. The molecule has 0 amide bonds. The fraction of sp³-hybridized carbons (Fsp3) is 0. The van der Waals surface area contributed by atoms with Gasteiger partial charge in [-0.25, -0.2) is 0 Å². The van der Waals surface area contributed by atoms with Gasteiger partial charge in [-0.1, -0.05) is 206 Å². The van der Waals surface area contributed by atoms with Crippen LogP contribution < -0.4 is 20.7 Å². The molecule has 11 aromatic carbocycles. The molecule has 0 spiro atoms. The summed E-state index contributed by atoms with van der Waals surface area (Å²) in [5.41, 5.74) is 13.1. The van der Waals surface area contributed by atoms with Crippen LogP contribution in [0, 0.1) is 0 Å². The monoisotopic (exact) mass is 907 g/mol. The van der Waals surface area contributed by atoms with E-state index in [1.165, 1.54) is 97.3 Å². The Labute approximate surface area is 407 Å². The van der Waals surface area contributed by atoms with Crippen LogP contribution in [0.2, 0.25) is 0 Å². The molecule has 0 saturated heterocycles. The highest BCUT2D eigenvalue weighted by Crippen LogP contribution is 2.42. The number of fused-ring (bicyclic) bond motifs is 10. The van der Waals surface area contributed by atoms with Gasteiger partial charge >= 0.3 is 0 Å². The van der Waals surface area contributed by atoms with E-state index >= 15 is 0 Å².